The SMILES string of the molecule is COCC1CN(C(=O)NC(C)c2ccccc2C(F)(F)F)CCO1. The van der Waals surface area contributed by atoms with E-state index in [2.05, 4.69) is 5.32 Å². The molecule has 0 spiro atoms. The van der Waals surface area contributed by atoms with Crippen molar-refractivity contribution in [3.8, 4) is 0 Å². The fourth-order valence-electron chi connectivity index (χ4n) is 2.68. The number of hydrogen-bond donors (Lipinski definition) is 1. The molecular weight excluding hydrogens is 325 g/mol. The lowest BCUT2D eigenvalue weighted by Crippen LogP contribution is -2.51. The Labute approximate surface area is 138 Å². The van der Waals surface area contributed by atoms with Crippen LogP contribution in [0.15, 0.2) is 24.3 Å². The molecule has 1 aromatic carbocycles. The molecule has 5 nitrogen and oxygen atoms in total. The van der Waals surface area contributed by atoms with Crippen LogP contribution in [0.25, 0.3) is 0 Å². The minimum Gasteiger partial charge on any atom is -0.382 e. The molecule has 0 saturated carbocycles. The lowest BCUT2D eigenvalue weighted by molar-refractivity contribution is -0.138. The Morgan fingerprint density at radius 3 is 2.83 bits per heavy atom. The van der Waals surface area contributed by atoms with E-state index >= 15 is 0 Å². The maximum absolute atomic E-state index is 13.1. The minimum absolute atomic E-state index is 0.0417. The summed E-state index contributed by atoms with van der Waals surface area (Å²) in [5, 5.41) is 2.63. The Balaban J connectivity index is 2.04. The monoisotopic (exact) mass is 346 g/mol. The van der Waals surface area contributed by atoms with Gasteiger partial charge in [0.25, 0.3) is 0 Å². The van der Waals surface area contributed by atoms with Crippen LogP contribution in [0.4, 0.5) is 18.0 Å². The van der Waals surface area contributed by atoms with Gasteiger partial charge in [-0.05, 0) is 18.6 Å². The summed E-state index contributed by atoms with van der Waals surface area (Å²) >= 11 is 0. The number of benzene rings is 1. The summed E-state index contributed by atoms with van der Waals surface area (Å²) in [7, 11) is 1.54. The first-order valence-corrected chi connectivity index (χ1v) is 7.65. The molecule has 1 saturated heterocycles. The number of nitrogens with zero attached hydrogens (tertiary/aromatic N) is 1. The minimum atomic E-state index is -4.46. The third-order valence-electron chi connectivity index (χ3n) is 3.85. The van der Waals surface area contributed by atoms with Crippen molar-refractivity contribution in [1.29, 1.82) is 0 Å². The number of methoxy groups -OCH3 is 1. The number of hydrogen-bond acceptors (Lipinski definition) is 3. The molecule has 2 unspecified atom stereocenters. The Hall–Kier alpha value is -1.80. The van der Waals surface area contributed by atoms with Crippen molar-refractivity contribution in [2.45, 2.75) is 25.2 Å². The molecule has 1 aromatic rings. The number of urea groups is 1. The first-order valence-electron chi connectivity index (χ1n) is 7.65. The van der Waals surface area contributed by atoms with E-state index in [0.29, 0.717) is 26.3 Å². The molecule has 1 fully saturated rings. The molecule has 2 atom stereocenters. The van der Waals surface area contributed by atoms with Crippen LogP contribution in [-0.2, 0) is 15.7 Å². The van der Waals surface area contributed by atoms with Gasteiger partial charge in [-0.3, -0.25) is 0 Å². The van der Waals surface area contributed by atoms with Crippen LogP contribution in [0.5, 0.6) is 0 Å². The lowest BCUT2D eigenvalue weighted by atomic mass is 10.0. The highest BCUT2D eigenvalue weighted by Gasteiger charge is 2.35. The predicted octanol–water partition coefficient (Wildman–Crippen LogP) is 2.82. The maximum atomic E-state index is 13.1. The number of carbonyl (C=O) groups is 1. The van der Waals surface area contributed by atoms with E-state index in [1.54, 1.807) is 7.11 Å². The topological polar surface area (TPSA) is 50.8 Å². The number of nitrogens with one attached hydrogen (secondary N) is 1. The number of ether oxygens (including phenoxy) is 2. The number of morpholine rings is 1. The van der Waals surface area contributed by atoms with Gasteiger partial charge in [-0.1, -0.05) is 18.2 Å². The molecule has 0 aliphatic carbocycles. The molecule has 0 bridgehead atoms. The van der Waals surface area contributed by atoms with Crippen molar-refractivity contribution < 1.29 is 27.4 Å². The van der Waals surface area contributed by atoms with Crippen molar-refractivity contribution in [1.82, 2.24) is 10.2 Å². The van der Waals surface area contributed by atoms with E-state index < -0.39 is 23.8 Å². The van der Waals surface area contributed by atoms with E-state index in [0.717, 1.165) is 6.07 Å². The fourth-order valence-corrected chi connectivity index (χ4v) is 2.68. The van der Waals surface area contributed by atoms with Crippen molar-refractivity contribution in [2.75, 3.05) is 33.4 Å². The van der Waals surface area contributed by atoms with Crippen LogP contribution in [0.1, 0.15) is 24.1 Å². The molecule has 2 amide bonds. The second-order valence-electron chi connectivity index (χ2n) is 5.65. The molecule has 1 heterocycles. The molecule has 8 heteroatoms. The van der Waals surface area contributed by atoms with Gasteiger partial charge >= 0.3 is 12.2 Å². The van der Waals surface area contributed by atoms with Gasteiger partial charge in [0.15, 0.2) is 0 Å². The summed E-state index contributed by atoms with van der Waals surface area (Å²) in [6.45, 7) is 2.99. The van der Waals surface area contributed by atoms with Gasteiger partial charge in [0.1, 0.15) is 0 Å². The Morgan fingerprint density at radius 1 is 1.46 bits per heavy atom. The van der Waals surface area contributed by atoms with E-state index in [9.17, 15) is 18.0 Å². The number of halogens is 3. The summed E-state index contributed by atoms with van der Waals surface area (Å²) in [4.78, 5) is 13.9. The average molecular weight is 346 g/mol. The molecule has 1 aliphatic heterocycles. The van der Waals surface area contributed by atoms with Crippen LogP contribution in [0.3, 0.4) is 0 Å². The van der Waals surface area contributed by atoms with Crippen molar-refractivity contribution in [2.24, 2.45) is 0 Å². The normalized spacial score (nSPS) is 19.9. The zero-order chi connectivity index (χ0) is 17.7. The first-order chi connectivity index (χ1) is 11.3. The van der Waals surface area contributed by atoms with Gasteiger partial charge in [0.2, 0.25) is 0 Å². The Bertz CT molecular complexity index is 564. The number of amides is 2. The zero-order valence-electron chi connectivity index (χ0n) is 13.6. The molecule has 1 N–H and O–H groups in total. The molecular formula is C16H21F3N2O3. The molecule has 0 aromatic heterocycles. The zero-order valence-corrected chi connectivity index (χ0v) is 13.6. The molecule has 24 heavy (non-hydrogen) atoms. The second kappa shape index (κ2) is 7.85. The summed E-state index contributed by atoms with van der Waals surface area (Å²) in [6.07, 6.45) is -4.69. The quantitative estimate of drug-likeness (QED) is 0.912. The van der Waals surface area contributed by atoms with Gasteiger partial charge in [-0.25, -0.2) is 4.79 Å². The standard InChI is InChI=1S/C16H21F3N2O3/c1-11(13-5-3-4-6-14(13)16(17,18)19)20-15(22)21-7-8-24-12(9-21)10-23-2/h3-6,11-12H,7-10H2,1-2H3,(H,20,22). The van der Waals surface area contributed by atoms with Crippen molar-refractivity contribution in [3.05, 3.63) is 35.4 Å². The highest BCUT2D eigenvalue weighted by Crippen LogP contribution is 2.34. The molecule has 0 radical (unpaired) electrons. The van der Waals surface area contributed by atoms with Gasteiger partial charge in [-0.2, -0.15) is 13.2 Å². The van der Waals surface area contributed by atoms with Gasteiger partial charge in [0.05, 0.1) is 37.5 Å². The van der Waals surface area contributed by atoms with E-state index in [-0.39, 0.29) is 11.7 Å². The number of carbonyl (C=O) groups excluding carboxylic acids is 1. The lowest BCUT2D eigenvalue weighted by Gasteiger charge is -2.33. The fraction of sp³-hybridized carbons (Fsp3) is 0.562. The molecule has 1 aliphatic rings. The molecule has 134 valence electrons. The second-order valence-corrected chi connectivity index (χ2v) is 5.65. The highest BCUT2D eigenvalue weighted by atomic mass is 19.4. The maximum Gasteiger partial charge on any atom is 0.416 e. The Kier molecular flexibility index (Phi) is 6.06. The average Bonchev–Trinajstić information content (AvgIpc) is 2.54. The van der Waals surface area contributed by atoms with E-state index in [1.807, 2.05) is 0 Å². The third-order valence-corrected chi connectivity index (χ3v) is 3.85. The highest BCUT2D eigenvalue weighted by molar-refractivity contribution is 5.75. The summed E-state index contributed by atoms with van der Waals surface area (Å²) in [5.41, 5.74) is -0.697. The smallest absolute Gasteiger partial charge is 0.382 e. The van der Waals surface area contributed by atoms with Crippen molar-refractivity contribution >= 4 is 6.03 Å². The summed E-state index contributed by atoms with van der Waals surface area (Å²) < 4.78 is 49.7. The first kappa shape index (κ1) is 18.5. The van der Waals surface area contributed by atoms with Crippen LogP contribution < -0.4 is 5.32 Å². The Morgan fingerprint density at radius 2 is 2.17 bits per heavy atom. The van der Waals surface area contributed by atoms with Crippen LogP contribution in [-0.4, -0.2) is 50.4 Å². The predicted molar refractivity (Wildman–Crippen MR) is 81.6 cm³/mol. The van der Waals surface area contributed by atoms with E-state index in [4.69, 9.17) is 9.47 Å². The number of alkyl halides is 3. The summed E-state index contributed by atoms with van der Waals surface area (Å²) in [6, 6.07) is 4.07. The van der Waals surface area contributed by atoms with Crippen LogP contribution >= 0.6 is 0 Å². The summed E-state index contributed by atoms with van der Waals surface area (Å²) in [5.74, 6) is 0. The third kappa shape index (κ3) is 4.61. The van der Waals surface area contributed by atoms with Crippen LogP contribution in [0.2, 0.25) is 0 Å². The largest absolute Gasteiger partial charge is 0.416 e. The van der Waals surface area contributed by atoms with Gasteiger partial charge < -0.3 is 19.7 Å². The van der Waals surface area contributed by atoms with Gasteiger partial charge in [-0.15, -0.1) is 0 Å². The van der Waals surface area contributed by atoms with Gasteiger partial charge in [0, 0.05) is 13.7 Å². The van der Waals surface area contributed by atoms with Crippen molar-refractivity contribution in [3.63, 3.8) is 0 Å². The number of rotatable bonds is 4. The molecule has 2 rings (SSSR count). The van der Waals surface area contributed by atoms with E-state index in [1.165, 1.54) is 30.0 Å². The van der Waals surface area contributed by atoms with Crippen LogP contribution in [0, 0.1) is 0 Å².